The van der Waals surface area contributed by atoms with Crippen LogP contribution in [0.15, 0.2) is 42.6 Å². The summed E-state index contributed by atoms with van der Waals surface area (Å²) in [7, 11) is 0. The van der Waals surface area contributed by atoms with Crippen LogP contribution in [-0.2, 0) is 13.0 Å². The van der Waals surface area contributed by atoms with Crippen molar-refractivity contribution >= 4 is 11.8 Å². The van der Waals surface area contributed by atoms with Crippen LogP contribution in [0.1, 0.15) is 78.4 Å². The number of hydrogen-bond donors (Lipinski definition) is 1. The van der Waals surface area contributed by atoms with Crippen LogP contribution in [0.4, 0.5) is 0 Å². The highest BCUT2D eigenvalue weighted by molar-refractivity contribution is 5.94. The first-order valence-electron chi connectivity index (χ1n) is 10.8. The van der Waals surface area contributed by atoms with Gasteiger partial charge in [-0.25, -0.2) is 19.4 Å². The van der Waals surface area contributed by atoms with E-state index in [1.165, 1.54) is 6.20 Å². The Morgan fingerprint density at radius 3 is 2.48 bits per heavy atom. The average Bonchev–Trinajstić information content (AvgIpc) is 3.17. The van der Waals surface area contributed by atoms with Crippen molar-refractivity contribution in [2.75, 3.05) is 0 Å². The van der Waals surface area contributed by atoms with Gasteiger partial charge in [-0.2, -0.15) is 0 Å². The molecular weight excluding hydrogens is 392 g/mol. The normalized spacial score (nSPS) is 10.9. The molecule has 2 heterocycles. The van der Waals surface area contributed by atoms with Crippen LogP contribution in [-0.4, -0.2) is 36.6 Å². The second kappa shape index (κ2) is 10.6. The Balaban J connectivity index is 1.83. The number of carboxylic acids is 1. The number of unbranched alkanes of at least 4 members (excludes halogenated alkanes) is 2. The zero-order chi connectivity index (χ0) is 22.2. The summed E-state index contributed by atoms with van der Waals surface area (Å²) in [6.07, 6.45) is 6.45. The third-order valence-corrected chi connectivity index (χ3v) is 5.09. The summed E-state index contributed by atoms with van der Waals surface area (Å²) in [6, 6.07) is 11.2. The molecule has 0 unspecified atom stereocenters. The van der Waals surface area contributed by atoms with E-state index in [0.717, 1.165) is 49.2 Å². The number of aromatic nitrogens is 4. The number of aromatic carboxylic acids is 1. The van der Waals surface area contributed by atoms with Crippen LogP contribution >= 0.6 is 0 Å². The highest BCUT2D eigenvalue weighted by atomic mass is 16.4. The lowest BCUT2D eigenvalue weighted by molar-refractivity contribution is 0.0691. The summed E-state index contributed by atoms with van der Waals surface area (Å²) in [6.45, 7) is 4.86. The first-order valence-corrected chi connectivity index (χ1v) is 10.8. The van der Waals surface area contributed by atoms with E-state index in [2.05, 4.69) is 22.0 Å². The average molecular weight is 421 g/mol. The largest absolute Gasteiger partial charge is 0.476 e. The molecule has 7 heteroatoms. The third-order valence-electron chi connectivity index (χ3n) is 5.09. The van der Waals surface area contributed by atoms with E-state index in [-0.39, 0.29) is 11.5 Å². The molecule has 0 aliphatic rings. The molecule has 0 bridgehead atoms. The number of hydrogen-bond acceptors (Lipinski definition) is 5. The zero-order valence-electron chi connectivity index (χ0n) is 18.0. The number of ketones is 1. The summed E-state index contributed by atoms with van der Waals surface area (Å²) < 4.78 is 1.86. The summed E-state index contributed by atoms with van der Waals surface area (Å²) in [4.78, 5) is 32.2. The second-order valence-electron chi connectivity index (χ2n) is 7.53. The number of carboxylic acid groups (broad SMARTS) is 1. The minimum atomic E-state index is -1.05. The van der Waals surface area contributed by atoms with Crippen molar-refractivity contribution in [2.24, 2.45) is 0 Å². The Hall–Kier alpha value is -3.35. The molecule has 0 aliphatic carbocycles. The van der Waals surface area contributed by atoms with Crippen LogP contribution in [0.25, 0.3) is 11.1 Å². The van der Waals surface area contributed by atoms with E-state index in [9.17, 15) is 14.7 Å². The van der Waals surface area contributed by atoms with Crippen molar-refractivity contribution in [3.8, 4) is 11.1 Å². The van der Waals surface area contributed by atoms with Crippen molar-refractivity contribution in [3.05, 3.63) is 65.5 Å². The highest BCUT2D eigenvalue weighted by Crippen LogP contribution is 2.23. The first kappa shape index (κ1) is 22.3. The van der Waals surface area contributed by atoms with Crippen LogP contribution in [0.2, 0.25) is 0 Å². The smallest absolute Gasteiger partial charge is 0.355 e. The molecule has 0 amide bonds. The lowest BCUT2D eigenvalue weighted by Crippen LogP contribution is -2.07. The van der Waals surface area contributed by atoms with Crippen molar-refractivity contribution < 1.29 is 14.7 Å². The van der Waals surface area contributed by atoms with Crippen molar-refractivity contribution in [2.45, 2.75) is 58.9 Å². The Labute approximate surface area is 182 Å². The minimum Gasteiger partial charge on any atom is -0.476 e. The molecular formula is C24H28N4O3. The van der Waals surface area contributed by atoms with Gasteiger partial charge in [-0.3, -0.25) is 4.79 Å². The van der Waals surface area contributed by atoms with Gasteiger partial charge in [0.1, 0.15) is 5.82 Å². The van der Waals surface area contributed by atoms with E-state index in [0.29, 0.717) is 24.2 Å². The van der Waals surface area contributed by atoms with Crippen LogP contribution in [0, 0.1) is 0 Å². The second-order valence-corrected chi connectivity index (χ2v) is 7.53. The third kappa shape index (κ3) is 5.63. The van der Waals surface area contributed by atoms with E-state index >= 15 is 0 Å². The number of pyridine rings is 1. The van der Waals surface area contributed by atoms with Crippen LogP contribution in [0.5, 0.6) is 0 Å². The number of nitrogens with zero attached hydrogens (tertiary/aromatic N) is 4. The minimum absolute atomic E-state index is 0.0221. The number of benzene rings is 1. The summed E-state index contributed by atoms with van der Waals surface area (Å²) in [5.41, 5.74) is 2.42. The Morgan fingerprint density at radius 2 is 1.81 bits per heavy atom. The predicted molar refractivity (Wildman–Crippen MR) is 118 cm³/mol. The Morgan fingerprint density at radius 1 is 1.03 bits per heavy atom. The monoisotopic (exact) mass is 420 g/mol. The first-order chi connectivity index (χ1) is 15.0. The number of rotatable bonds is 11. The molecule has 0 spiro atoms. The molecule has 0 saturated carbocycles. The van der Waals surface area contributed by atoms with Gasteiger partial charge >= 0.3 is 5.97 Å². The molecule has 7 nitrogen and oxygen atoms in total. The van der Waals surface area contributed by atoms with E-state index in [4.69, 9.17) is 0 Å². The molecule has 3 aromatic rings. The topological polar surface area (TPSA) is 98.0 Å². The number of carbonyl (C=O) groups is 2. The lowest BCUT2D eigenvalue weighted by atomic mass is 10.0. The fraction of sp³-hybridized carbons (Fsp3) is 0.375. The maximum atomic E-state index is 12.3. The van der Waals surface area contributed by atoms with Gasteiger partial charge in [0.2, 0.25) is 11.6 Å². The molecule has 162 valence electrons. The van der Waals surface area contributed by atoms with Crippen molar-refractivity contribution in [1.29, 1.82) is 0 Å². The van der Waals surface area contributed by atoms with Crippen LogP contribution in [0.3, 0.4) is 0 Å². The molecule has 2 aromatic heterocycles. The standard InChI is InChI=1S/C24H28N4O3/c1-3-5-6-15-28-21(26-23(27-28)20(29)8-4-2)16-17-10-12-18(13-11-17)19-9-7-14-25-22(19)24(30)31/h7,9-14H,3-6,8,15-16H2,1-2H3,(H,30,31). The Bertz CT molecular complexity index is 1040. The van der Waals surface area contributed by atoms with Crippen molar-refractivity contribution in [3.63, 3.8) is 0 Å². The van der Waals surface area contributed by atoms with E-state index < -0.39 is 5.97 Å². The van der Waals surface area contributed by atoms with Gasteiger partial charge in [0.25, 0.3) is 0 Å². The molecule has 0 saturated heterocycles. The molecule has 1 N–H and O–H groups in total. The molecule has 0 fully saturated rings. The number of carbonyl (C=O) groups excluding carboxylic acids is 1. The SMILES string of the molecule is CCCCCn1nc(C(=O)CCC)nc1Cc1ccc(-c2cccnc2C(=O)O)cc1. The van der Waals surface area contributed by atoms with Gasteiger partial charge in [0.05, 0.1) is 0 Å². The fourth-order valence-electron chi connectivity index (χ4n) is 3.45. The van der Waals surface area contributed by atoms with Gasteiger partial charge in [0, 0.05) is 31.1 Å². The molecule has 0 radical (unpaired) electrons. The zero-order valence-corrected chi connectivity index (χ0v) is 18.0. The molecule has 0 aliphatic heterocycles. The quantitative estimate of drug-likeness (QED) is 0.353. The molecule has 31 heavy (non-hydrogen) atoms. The van der Waals surface area contributed by atoms with Gasteiger partial charge in [0.15, 0.2) is 5.69 Å². The van der Waals surface area contributed by atoms with Gasteiger partial charge < -0.3 is 5.11 Å². The van der Waals surface area contributed by atoms with E-state index in [1.54, 1.807) is 12.1 Å². The van der Waals surface area contributed by atoms with Crippen molar-refractivity contribution in [1.82, 2.24) is 19.7 Å². The fourth-order valence-corrected chi connectivity index (χ4v) is 3.45. The molecule has 0 atom stereocenters. The summed E-state index contributed by atoms with van der Waals surface area (Å²) >= 11 is 0. The maximum Gasteiger partial charge on any atom is 0.355 e. The van der Waals surface area contributed by atoms with Gasteiger partial charge in [-0.05, 0) is 30.0 Å². The number of aryl methyl sites for hydroxylation is 1. The maximum absolute atomic E-state index is 12.3. The van der Waals surface area contributed by atoms with E-state index in [1.807, 2.05) is 35.9 Å². The van der Waals surface area contributed by atoms with Crippen LogP contribution < -0.4 is 0 Å². The Kier molecular flexibility index (Phi) is 7.65. The summed E-state index contributed by atoms with van der Waals surface area (Å²) in [5, 5.41) is 13.8. The summed E-state index contributed by atoms with van der Waals surface area (Å²) in [5.74, 6) is -0.00223. The number of Topliss-reactive ketones (excluding diaryl/α,β-unsaturated/α-hetero) is 1. The highest BCUT2D eigenvalue weighted by Gasteiger charge is 2.17. The molecule has 3 rings (SSSR count). The predicted octanol–water partition coefficient (Wildman–Crippen LogP) is 4.80. The van der Waals surface area contributed by atoms with Gasteiger partial charge in [-0.1, -0.05) is 57.0 Å². The van der Waals surface area contributed by atoms with Gasteiger partial charge in [-0.15, -0.1) is 5.10 Å². The lowest BCUT2D eigenvalue weighted by Gasteiger charge is -2.08. The molecule has 1 aromatic carbocycles.